The number of hydrogen-bond acceptors (Lipinski definition) is 3. The maximum absolute atomic E-state index is 3.41. The third kappa shape index (κ3) is 4.95. The molecule has 1 rings (SSSR count). The van der Waals surface area contributed by atoms with Gasteiger partial charge in [0.05, 0.1) is 2.88 Å². The highest BCUT2D eigenvalue weighted by molar-refractivity contribution is 14.1. The number of hydrogen-bond donors (Lipinski definition) is 2. The third-order valence-corrected chi connectivity index (χ3v) is 3.57. The average Bonchev–Trinajstić information content (AvgIpc) is 2.51. The molecule has 2 N–H and O–H groups in total. The minimum atomic E-state index is 1.00. The van der Waals surface area contributed by atoms with Crippen molar-refractivity contribution in [1.82, 2.24) is 10.6 Å². The average molecular weight is 310 g/mol. The lowest BCUT2D eigenvalue weighted by Crippen LogP contribution is -2.19. The summed E-state index contributed by atoms with van der Waals surface area (Å²) in [7, 11) is 1.99. The molecule has 0 saturated heterocycles. The van der Waals surface area contributed by atoms with Gasteiger partial charge in [0.1, 0.15) is 0 Å². The van der Waals surface area contributed by atoms with Crippen molar-refractivity contribution in [1.29, 1.82) is 0 Å². The second-order valence-corrected chi connectivity index (χ2v) is 5.70. The first kappa shape index (κ1) is 11.4. The first-order valence-corrected chi connectivity index (χ1v) is 6.37. The van der Waals surface area contributed by atoms with Gasteiger partial charge < -0.3 is 10.6 Å². The number of halogens is 1. The van der Waals surface area contributed by atoms with E-state index in [1.807, 2.05) is 18.4 Å². The van der Waals surface area contributed by atoms with Gasteiger partial charge in [0.15, 0.2) is 0 Å². The summed E-state index contributed by atoms with van der Waals surface area (Å²) in [4.78, 5) is 0. The number of nitrogens with one attached hydrogen (secondary N) is 2. The van der Waals surface area contributed by atoms with Crippen LogP contribution >= 0.6 is 33.9 Å². The fourth-order valence-electron chi connectivity index (χ4n) is 1.06. The highest BCUT2D eigenvalue weighted by Gasteiger charge is 1.95. The van der Waals surface area contributed by atoms with E-state index in [0.717, 1.165) is 19.6 Å². The summed E-state index contributed by atoms with van der Waals surface area (Å²) < 4.78 is 1.37. The lowest BCUT2D eigenvalue weighted by atomic mass is 10.3. The van der Waals surface area contributed by atoms with Crippen LogP contribution < -0.4 is 10.6 Å². The Hall–Kier alpha value is 0.350. The van der Waals surface area contributed by atoms with Gasteiger partial charge in [-0.2, -0.15) is 0 Å². The Morgan fingerprint density at radius 1 is 1.46 bits per heavy atom. The Bertz CT molecular complexity index is 237. The first-order chi connectivity index (χ1) is 6.33. The van der Waals surface area contributed by atoms with E-state index in [1.165, 1.54) is 14.9 Å². The summed E-state index contributed by atoms with van der Waals surface area (Å²) in [5.74, 6) is 0. The topological polar surface area (TPSA) is 24.1 Å². The largest absolute Gasteiger partial charge is 0.320 e. The zero-order chi connectivity index (χ0) is 9.52. The zero-order valence-electron chi connectivity index (χ0n) is 7.77. The van der Waals surface area contributed by atoms with E-state index < -0.39 is 0 Å². The maximum Gasteiger partial charge on any atom is 0.0656 e. The molecule has 0 aliphatic heterocycles. The molecular weight excluding hydrogens is 295 g/mol. The monoisotopic (exact) mass is 310 g/mol. The van der Waals surface area contributed by atoms with Gasteiger partial charge in [0, 0.05) is 6.54 Å². The lowest BCUT2D eigenvalue weighted by molar-refractivity contribution is 0.626. The molecule has 0 unspecified atom stereocenters. The van der Waals surface area contributed by atoms with Crippen molar-refractivity contribution in [3.63, 3.8) is 0 Å². The number of rotatable bonds is 6. The number of thiophene rings is 1. The molecule has 0 atom stereocenters. The Labute approximate surface area is 97.3 Å². The molecule has 0 radical (unpaired) electrons. The normalized spacial score (nSPS) is 10.6. The summed E-state index contributed by atoms with van der Waals surface area (Å²) in [6, 6.07) is 2.23. The Balaban J connectivity index is 2.06. The molecule has 0 bridgehead atoms. The highest BCUT2D eigenvalue weighted by Crippen LogP contribution is 2.16. The molecule has 0 amide bonds. The zero-order valence-corrected chi connectivity index (χ0v) is 10.7. The van der Waals surface area contributed by atoms with Crippen molar-refractivity contribution in [2.24, 2.45) is 0 Å². The summed E-state index contributed by atoms with van der Waals surface area (Å²) >= 11 is 4.16. The molecule has 1 heterocycles. The van der Waals surface area contributed by atoms with Crippen LogP contribution in [0.1, 0.15) is 12.0 Å². The maximum atomic E-state index is 3.41. The first-order valence-electron chi connectivity index (χ1n) is 4.41. The van der Waals surface area contributed by atoms with E-state index in [9.17, 15) is 0 Å². The summed E-state index contributed by atoms with van der Waals surface area (Å²) in [6.07, 6.45) is 1.19. The molecule has 0 spiro atoms. The molecule has 4 heteroatoms. The molecule has 13 heavy (non-hydrogen) atoms. The molecule has 2 nitrogen and oxygen atoms in total. The van der Waals surface area contributed by atoms with Gasteiger partial charge in [-0.15, -0.1) is 11.3 Å². The van der Waals surface area contributed by atoms with Crippen molar-refractivity contribution in [3.8, 4) is 0 Å². The van der Waals surface area contributed by atoms with Crippen molar-refractivity contribution in [3.05, 3.63) is 19.9 Å². The third-order valence-electron chi connectivity index (χ3n) is 1.73. The van der Waals surface area contributed by atoms with Crippen molar-refractivity contribution >= 4 is 33.9 Å². The predicted octanol–water partition coefficient (Wildman–Crippen LogP) is 2.05. The molecule has 1 aromatic rings. The standard InChI is InChI=1S/C9H15IN2S/c1-11-3-2-4-12-6-8-5-9(10)13-7-8/h5,7,11-12H,2-4,6H2,1H3. The fraction of sp³-hybridized carbons (Fsp3) is 0.556. The van der Waals surface area contributed by atoms with Crippen LogP contribution in [0.15, 0.2) is 11.4 Å². The molecule has 1 aromatic heterocycles. The van der Waals surface area contributed by atoms with Gasteiger partial charge in [-0.05, 0) is 66.2 Å². The van der Waals surface area contributed by atoms with Gasteiger partial charge in [0.2, 0.25) is 0 Å². The van der Waals surface area contributed by atoms with Crippen molar-refractivity contribution in [2.45, 2.75) is 13.0 Å². The van der Waals surface area contributed by atoms with Crippen LogP contribution in [0.4, 0.5) is 0 Å². The molecule has 0 aliphatic rings. The smallest absolute Gasteiger partial charge is 0.0656 e. The minimum Gasteiger partial charge on any atom is -0.320 e. The fourth-order valence-corrected chi connectivity index (χ4v) is 2.48. The molecule has 74 valence electrons. The molecule has 0 aliphatic carbocycles. The van der Waals surface area contributed by atoms with E-state index in [4.69, 9.17) is 0 Å². The Kier molecular flexibility index (Phi) is 5.93. The highest BCUT2D eigenvalue weighted by atomic mass is 127. The SMILES string of the molecule is CNCCCNCc1csc(I)c1. The molecular formula is C9H15IN2S. The van der Waals surface area contributed by atoms with Crippen LogP contribution in [-0.2, 0) is 6.54 Å². The van der Waals surface area contributed by atoms with E-state index in [0.29, 0.717) is 0 Å². The molecule has 0 aromatic carbocycles. The molecule has 0 fully saturated rings. The van der Waals surface area contributed by atoms with E-state index >= 15 is 0 Å². The summed E-state index contributed by atoms with van der Waals surface area (Å²) in [6.45, 7) is 3.19. The van der Waals surface area contributed by atoms with E-state index in [2.05, 4.69) is 44.7 Å². The Morgan fingerprint density at radius 2 is 2.31 bits per heavy atom. The van der Waals surface area contributed by atoms with Gasteiger partial charge >= 0.3 is 0 Å². The van der Waals surface area contributed by atoms with Crippen LogP contribution in [0, 0.1) is 2.88 Å². The van der Waals surface area contributed by atoms with Crippen LogP contribution in [-0.4, -0.2) is 20.1 Å². The van der Waals surface area contributed by atoms with E-state index in [1.54, 1.807) is 0 Å². The summed E-state index contributed by atoms with van der Waals surface area (Å²) in [5.41, 5.74) is 1.40. The van der Waals surface area contributed by atoms with Crippen molar-refractivity contribution < 1.29 is 0 Å². The van der Waals surface area contributed by atoms with E-state index in [-0.39, 0.29) is 0 Å². The quantitative estimate of drug-likeness (QED) is 0.621. The molecule has 0 saturated carbocycles. The van der Waals surface area contributed by atoms with Gasteiger partial charge in [-0.3, -0.25) is 0 Å². The van der Waals surface area contributed by atoms with Crippen molar-refractivity contribution in [2.75, 3.05) is 20.1 Å². The van der Waals surface area contributed by atoms with Gasteiger partial charge in [-0.25, -0.2) is 0 Å². The second-order valence-electron chi connectivity index (χ2n) is 2.89. The Morgan fingerprint density at radius 3 is 2.92 bits per heavy atom. The second kappa shape index (κ2) is 6.75. The van der Waals surface area contributed by atoms with Crippen LogP contribution in [0.25, 0.3) is 0 Å². The van der Waals surface area contributed by atoms with Gasteiger partial charge in [-0.1, -0.05) is 0 Å². The van der Waals surface area contributed by atoms with Crippen LogP contribution in [0.3, 0.4) is 0 Å². The van der Waals surface area contributed by atoms with Gasteiger partial charge in [0.25, 0.3) is 0 Å². The summed E-state index contributed by atoms with van der Waals surface area (Å²) in [5, 5.41) is 8.76. The minimum absolute atomic E-state index is 1.00. The predicted molar refractivity (Wildman–Crippen MR) is 67.3 cm³/mol. The lowest BCUT2D eigenvalue weighted by Gasteiger charge is -2.01. The van der Waals surface area contributed by atoms with Crippen LogP contribution in [0.2, 0.25) is 0 Å². The van der Waals surface area contributed by atoms with Crippen LogP contribution in [0.5, 0.6) is 0 Å².